The van der Waals surface area contributed by atoms with Crippen LogP contribution in [0.4, 0.5) is 0 Å². The maximum Gasteiger partial charge on any atom is 0.323 e. The Bertz CT molecular complexity index is 576. The number of likely N-dealkylation sites (tertiary alicyclic amines) is 1. The summed E-state index contributed by atoms with van der Waals surface area (Å²) >= 11 is 0. The number of nitrogens with one attached hydrogen (secondary N) is 1. The predicted octanol–water partition coefficient (Wildman–Crippen LogP) is 1.75. The fourth-order valence-electron chi connectivity index (χ4n) is 3.14. The van der Waals surface area contributed by atoms with Gasteiger partial charge in [0.15, 0.2) is 5.84 Å². The van der Waals surface area contributed by atoms with Crippen molar-refractivity contribution < 1.29 is 14.4 Å². The summed E-state index contributed by atoms with van der Waals surface area (Å²) in [6, 6.07) is 9.70. The average Bonchev–Trinajstić information content (AvgIpc) is 2.67. The topological polar surface area (TPSA) is 63.2 Å². The Hall–Kier alpha value is -1.92. The van der Waals surface area contributed by atoms with Crippen molar-refractivity contribution in [3.05, 3.63) is 35.9 Å². The van der Waals surface area contributed by atoms with E-state index in [0.29, 0.717) is 12.4 Å². The van der Waals surface area contributed by atoms with Crippen LogP contribution in [0.2, 0.25) is 0 Å². The number of hydrogen-bond donors (Lipinski definition) is 1. The molecule has 3 rings (SSSR count). The zero-order valence-electron chi connectivity index (χ0n) is 14.1. The first-order valence-electron chi connectivity index (χ1n) is 8.70. The van der Waals surface area contributed by atoms with Gasteiger partial charge in [-0.25, -0.2) is 5.48 Å². The van der Waals surface area contributed by atoms with Crippen molar-refractivity contribution in [2.24, 2.45) is 4.99 Å². The van der Waals surface area contributed by atoms with Crippen molar-refractivity contribution in [3.8, 4) is 0 Å². The van der Waals surface area contributed by atoms with Gasteiger partial charge < -0.3 is 4.74 Å². The molecule has 1 aromatic carbocycles. The lowest BCUT2D eigenvalue weighted by Crippen LogP contribution is -2.46. The van der Waals surface area contributed by atoms with Crippen LogP contribution in [-0.2, 0) is 14.4 Å². The van der Waals surface area contributed by atoms with E-state index in [2.05, 4.69) is 22.3 Å². The van der Waals surface area contributed by atoms with Crippen molar-refractivity contribution in [3.63, 3.8) is 0 Å². The number of hydroxylamine groups is 1. The Kier molecular flexibility index (Phi) is 5.82. The third kappa shape index (κ3) is 4.13. The number of ether oxygens (including phenoxy) is 1. The van der Waals surface area contributed by atoms with Gasteiger partial charge in [-0.3, -0.25) is 19.5 Å². The Morgan fingerprint density at radius 3 is 2.92 bits per heavy atom. The molecule has 0 spiro atoms. The second-order valence-electron chi connectivity index (χ2n) is 6.17. The maximum absolute atomic E-state index is 12.3. The highest BCUT2D eigenvalue weighted by Gasteiger charge is 2.29. The number of aliphatic imine (C=N–C) groups is 1. The summed E-state index contributed by atoms with van der Waals surface area (Å²) in [6.07, 6.45) is 2.87. The average molecular weight is 331 g/mol. The summed E-state index contributed by atoms with van der Waals surface area (Å²) in [4.78, 5) is 24.6. The molecule has 0 amide bonds. The molecule has 0 aromatic heterocycles. The molecule has 1 aromatic rings. The number of esters is 1. The number of rotatable bonds is 5. The lowest BCUT2D eigenvalue weighted by atomic mass is 10.0. The maximum atomic E-state index is 12.3. The van der Waals surface area contributed by atoms with Crippen molar-refractivity contribution in [2.75, 3.05) is 26.2 Å². The lowest BCUT2D eigenvalue weighted by Gasteiger charge is -2.33. The van der Waals surface area contributed by atoms with Gasteiger partial charge in [-0.05, 0) is 25.9 Å². The summed E-state index contributed by atoms with van der Waals surface area (Å²) in [7, 11) is 0. The molecule has 0 unspecified atom stereocenters. The lowest BCUT2D eigenvalue weighted by molar-refractivity contribution is -0.156. The van der Waals surface area contributed by atoms with E-state index < -0.39 is 0 Å². The normalized spacial score (nSPS) is 24.8. The van der Waals surface area contributed by atoms with Crippen LogP contribution >= 0.6 is 0 Å². The van der Waals surface area contributed by atoms with E-state index >= 15 is 0 Å². The molecule has 24 heavy (non-hydrogen) atoms. The molecule has 2 aliphatic heterocycles. The highest BCUT2D eigenvalue weighted by molar-refractivity contribution is 5.98. The van der Waals surface area contributed by atoms with E-state index in [1.54, 1.807) is 0 Å². The molecule has 1 saturated heterocycles. The number of carbonyl (C=O) groups is 1. The number of nitrogens with zero attached hydrogens (tertiary/aromatic N) is 2. The first-order chi connectivity index (χ1) is 11.8. The van der Waals surface area contributed by atoms with Crippen molar-refractivity contribution in [2.45, 2.75) is 38.3 Å². The molecule has 0 bridgehead atoms. The third-order valence-electron chi connectivity index (χ3n) is 4.53. The molecule has 1 N–H and O–H groups in total. The minimum Gasteiger partial charge on any atom is -0.462 e. The van der Waals surface area contributed by atoms with E-state index in [4.69, 9.17) is 9.57 Å². The van der Waals surface area contributed by atoms with Crippen LogP contribution in [0, 0.1) is 0 Å². The van der Waals surface area contributed by atoms with Gasteiger partial charge in [0.2, 0.25) is 0 Å². The van der Waals surface area contributed by atoms with Crippen molar-refractivity contribution in [1.82, 2.24) is 10.4 Å². The standard InChI is InChI=1S/C18H25N3O3/c1-2-21-11-7-6-10-16(21)18(22)23-13-15-12-19-17(20-24-15)14-8-4-3-5-9-14/h3-5,8-9,15-16H,2,6-7,10-13H2,1H3,(H,19,20)/t15-,16+/m1/s1. The van der Waals surface area contributed by atoms with Gasteiger partial charge >= 0.3 is 5.97 Å². The SMILES string of the molecule is CCN1CCCC[C@H]1C(=O)OC[C@H]1CN=C(c2ccccc2)NO1. The Labute approximate surface area is 142 Å². The van der Waals surface area contributed by atoms with Crippen LogP contribution in [0.5, 0.6) is 0 Å². The van der Waals surface area contributed by atoms with Gasteiger partial charge in [-0.2, -0.15) is 0 Å². The molecule has 0 aliphatic carbocycles. The van der Waals surface area contributed by atoms with Crippen molar-refractivity contribution >= 4 is 11.8 Å². The van der Waals surface area contributed by atoms with Crippen LogP contribution in [0.1, 0.15) is 31.7 Å². The fourth-order valence-corrected chi connectivity index (χ4v) is 3.14. The highest BCUT2D eigenvalue weighted by atomic mass is 16.7. The Balaban J connectivity index is 1.48. The van der Waals surface area contributed by atoms with Crippen LogP contribution < -0.4 is 5.48 Å². The van der Waals surface area contributed by atoms with Gasteiger partial charge in [0.05, 0.1) is 6.54 Å². The predicted molar refractivity (Wildman–Crippen MR) is 91.7 cm³/mol. The second kappa shape index (κ2) is 8.26. The zero-order valence-corrected chi connectivity index (χ0v) is 14.1. The Morgan fingerprint density at radius 2 is 2.21 bits per heavy atom. The van der Waals surface area contributed by atoms with E-state index in [1.165, 1.54) is 0 Å². The van der Waals surface area contributed by atoms with Gasteiger partial charge in [0.25, 0.3) is 0 Å². The van der Waals surface area contributed by atoms with Crippen LogP contribution in [-0.4, -0.2) is 55.1 Å². The zero-order chi connectivity index (χ0) is 16.8. The fraction of sp³-hybridized carbons (Fsp3) is 0.556. The summed E-state index contributed by atoms with van der Waals surface area (Å²) in [5.41, 5.74) is 3.84. The summed E-state index contributed by atoms with van der Waals surface area (Å²) in [5, 5.41) is 0. The van der Waals surface area contributed by atoms with Gasteiger partial charge in [0.1, 0.15) is 18.8 Å². The first-order valence-corrected chi connectivity index (χ1v) is 8.70. The number of amidine groups is 1. The highest BCUT2D eigenvalue weighted by Crippen LogP contribution is 2.18. The number of carbonyl (C=O) groups excluding carboxylic acids is 1. The third-order valence-corrected chi connectivity index (χ3v) is 4.53. The Morgan fingerprint density at radius 1 is 1.38 bits per heavy atom. The number of hydrogen-bond acceptors (Lipinski definition) is 6. The minimum atomic E-state index is -0.250. The molecule has 1 fully saturated rings. The summed E-state index contributed by atoms with van der Waals surface area (Å²) in [5.74, 6) is 0.570. The van der Waals surface area contributed by atoms with E-state index in [0.717, 1.165) is 37.9 Å². The summed E-state index contributed by atoms with van der Waals surface area (Å²) in [6.45, 7) is 4.65. The van der Waals surface area contributed by atoms with Crippen LogP contribution in [0.25, 0.3) is 0 Å². The second-order valence-corrected chi connectivity index (χ2v) is 6.17. The molecule has 130 valence electrons. The van der Waals surface area contributed by atoms with Gasteiger partial charge in [-0.1, -0.05) is 43.7 Å². The number of piperidine rings is 1. The quantitative estimate of drug-likeness (QED) is 0.833. The van der Waals surface area contributed by atoms with E-state index in [9.17, 15) is 4.79 Å². The molecular formula is C18H25N3O3. The number of benzene rings is 1. The molecule has 2 aliphatic rings. The van der Waals surface area contributed by atoms with Crippen LogP contribution in [0.15, 0.2) is 35.3 Å². The minimum absolute atomic E-state index is 0.108. The monoisotopic (exact) mass is 331 g/mol. The molecule has 2 heterocycles. The number of likely N-dealkylation sites (N-methyl/N-ethyl adjacent to an activating group) is 1. The molecule has 0 radical (unpaired) electrons. The molecule has 6 heteroatoms. The molecule has 0 saturated carbocycles. The van der Waals surface area contributed by atoms with Crippen LogP contribution in [0.3, 0.4) is 0 Å². The van der Waals surface area contributed by atoms with Gasteiger partial charge in [0, 0.05) is 5.56 Å². The largest absolute Gasteiger partial charge is 0.462 e. The van der Waals surface area contributed by atoms with E-state index in [-0.39, 0.29) is 24.7 Å². The smallest absolute Gasteiger partial charge is 0.323 e. The van der Waals surface area contributed by atoms with Crippen molar-refractivity contribution in [1.29, 1.82) is 0 Å². The van der Waals surface area contributed by atoms with Gasteiger partial charge in [-0.15, -0.1) is 0 Å². The molecule has 6 nitrogen and oxygen atoms in total. The molecule has 2 atom stereocenters. The summed E-state index contributed by atoms with van der Waals surface area (Å²) < 4.78 is 5.48. The first kappa shape index (κ1) is 16.9. The van der Waals surface area contributed by atoms with E-state index in [1.807, 2.05) is 30.3 Å². The molecular weight excluding hydrogens is 306 g/mol.